The molecule has 2 atom stereocenters. The molecule has 0 amide bonds. The number of fused-ring (bicyclic) bond motifs is 2. The van der Waals surface area contributed by atoms with Crippen molar-refractivity contribution < 1.29 is 0 Å². The van der Waals surface area contributed by atoms with Gasteiger partial charge in [-0.3, -0.25) is 0 Å². The third kappa shape index (κ3) is 1.03. The number of rotatable bonds is 1. The first-order valence-corrected chi connectivity index (χ1v) is 8.39. The molecule has 12 heavy (non-hydrogen) atoms. The van der Waals surface area contributed by atoms with Crippen molar-refractivity contribution in [3.63, 3.8) is 0 Å². The van der Waals surface area contributed by atoms with Gasteiger partial charge in [0.1, 0.15) is 0 Å². The van der Waals surface area contributed by atoms with E-state index in [1.165, 1.54) is 6.42 Å². The Kier molecular flexibility index (Phi) is 1.62. The predicted molar refractivity (Wildman–Crippen MR) is 56.8 cm³/mol. The zero-order valence-corrected chi connectivity index (χ0v) is 9.52. The van der Waals surface area contributed by atoms with E-state index >= 15 is 0 Å². The maximum Gasteiger partial charge on any atom is 0.0731 e. The van der Waals surface area contributed by atoms with Gasteiger partial charge >= 0.3 is 0 Å². The first kappa shape index (κ1) is 8.30. The van der Waals surface area contributed by atoms with Crippen LogP contribution in [0.25, 0.3) is 0 Å². The van der Waals surface area contributed by atoms with Crippen molar-refractivity contribution in [2.45, 2.75) is 33.0 Å². The summed E-state index contributed by atoms with van der Waals surface area (Å²) < 4.78 is 0. The van der Waals surface area contributed by atoms with Crippen LogP contribution in [0.4, 0.5) is 0 Å². The van der Waals surface area contributed by atoms with Crippen LogP contribution in [-0.2, 0) is 0 Å². The van der Waals surface area contributed by atoms with Gasteiger partial charge in [-0.1, -0.05) is 42.6 Å². The summed E-state index contributed by atoms with van der Waals surface area (Å²) in [5.74, 6) is 1.65. The Morgan fingerprint density at radius 2 is 1.75 bits per heavy atom. The van der Waals surface area contributed by atoms with Gasteiger partial charge in [0, 0.05) is 0 Å². The molecule has 0 fully saturated rings. The van der Waals surface area contributed by atoms with Crippen LogP contribution >= 0.6 is 0 Å². The van der Waals surface area contributed by atoms with E-state index in [2.05, 4.69) is 38.7 Å². The second kappa shape index (κ2) is 2.35. The van der Waals surface area contributed by atoms with Crippen molar-refractivity contribution in [3.05, 3.63) is 22.9 Å². The Balaban J connectivity index is 2.39. The second-order valence-corrected chi connectivity index (χ2v) is 10.2. The topological polar surface area (TPSA) is 0 Å². The fourth-order valence-electron chi connectivity index (χ4n) is 2.87. The minimum absolute atomic E-state index is 0.816. The Bertz CT molecular complexity index is 265. The lowest BCUT2D eigenvalue weighted by atomic mass is 10.1. The van der Waals surface area contributed by atoms with Gasteiger partial charge in [0.15, 0.2) is 0 Å². The van der Waals surface area contributed by atoms with Gasteiger partial charge in [0.25, 0.3) is 0 Å². The molecule has 0 aromatic rings. The third-order valence-corrected chi connectivity index (χ3v) is 5.62. The Morgan fingerprint density at radius 3 is 2.08 bits per heavy atom. The van der Waals surface area contributed by atoms with Gasteiger partial charge < -0.3 is 0 Å². The highest BCUT2D eigenvalue weighted by Crippen LogP contribution is 2.46. The smallest absolute Gasteiger partial charge is 0.0731 e. The molecule has 2 bridgehead atoms. The first-order chi connectivity index (χ1) is 5.50. The molecule has 2 rings (SSSR count). The summed E-state index contributed by atoms with van der Waals surface area (Å²) in [4.78, 5) is 0. The second-order valence-electron chi connectivity index (χ2n) is 5.18. The third-order valence-electron chi connectivity index (χ3n) is 3.24. The monoisotopic (exact) mass is 178 g/mol. The quantitative estimate of drug-likeness (QED) is 0.426. The summed E-state index contributed by atoms with van der Waals surface area (Å²) in [6, 6.07) is 0. The summed E-state index contributed by atoms with van der Waals surface area (Å²) in [6.45, 7) is 9.77. The lowest BCUT2D eigenvalue weighted by Gasteiger charge is -2.25. The maximum atomic E-state index is 2.47. The Labute approximate surface area is 76.4 Å². The van der Waals surface area contributed by atoms with E-state index in [0.717, 1.165) is 11.8 Å². The molecular formula is C11H18Si. The molecule has 0 unspecified atom stereocenters. The van der Waals surface area contributed by atoms with Crippen molar-refractivity contribution in [1.29, 1.82) is 0 Å². The van der Waals surface area contributed by atoms with Crippen LogP contribution < -0.4 is 0 Å². The van der Waals surface area contributed by atoms with Crippen molar-refractivity contribution in [2.75, 3.05) is 0 Å². The van der Waals surface area contributed by atoms with E-state index in [9.17, 15) is 0 Å². The molecule has 66 valence electrons. The van der Waals surface area contributed by atoms with E-state index in [4.69, 9.17) is 0 Å². The molecule has 0 aromatic heterocycles. The van der Waals surface area contributed by atoms with Gasteiger partial charge in [-0.25, -0.2) is 0 Å². The first-order valence-electron chi connectivity index (χ1n) is 4.89. The molecule has 1 heteroatoms. The molecule has 0 spiro atoms. The van der Waals surface area contributed by atoms with Crippen LogP contribution in [0.15, 0.2) is 22.9 Å². The Hall–Kier alpha value is -0.303. The van der Waals surface area contributed by atoms with Crippen LogP contribution in [0.2, 0.25) is 19.6 Å². The van der Waals surface area contributed by atoms with Crippen molar-refractivity contribution >= 4 is 8.07 Å². The highest BCUT2D eigenvalue weighted by molar-refractivity contribution is 6.83. The molecule has 0 radical (unpaired) electrons. The van der Waals surface area contributed by atoms with Gasteiger partial charge in [-0.05, 0) is 25.2 Å². The number of hydrogen-bond donors (Lipinski definition) is 0. The van der Waals surface area contributed by atoms with Crippen LogP contribution in [0, 0.1) is 11.8 Å². The van der Waals surface area contributed by atoms with E-state index < -0.39 is 8.07 Å². The highest BCUT2D eigenvalue weighted by Gasteiger charge is 2.38. The van der Waals surface area contributed by atoms with Gasteiger partial charge in [-0.2, -0.15) is 0 Å². The van der Waals surface area contributed by atoms with Crippen LogP contribution in [0.3, 0.4) is 0 Å². The van der Waals surface area contributed by atoms with Gasteiger partial charge in [0.05, 0.1) is 8.07 Å². The predicted octanol–water partition coefficient (Wildman–Crippen LogP) is 3.39. The lowest BCUT2D eigenvalue weighted by molar-refractivity contribution is 0.709. The summed E-state index contributed by atoms with van der Waals surface area (Å²) in [6.07, 6.45) is 6.24. The van der Waals surface area contributed by atoms with E-state index in [1.807, 2.05) is 5.20 Å². The summed E-state index contributed by atoms with van der Waals surface area (Å²) in [5.41, 5.74) is 1.71. The zero-order chi connectivity index (χ0) is 8.93. The minimum atomic E-state index is -1.01. The largest absolute Gasteiger partial charge is 0.0811 e. The zero-order valence-electron chi connectivity index (χ0n) is 8.52. The summed E-state index contributed by atoms with van der Waals surface area (Å²) in [7, 11) is -1.01. The molecule has 0 aliphatic heterocycles. The SMILES string of the molecule is CC1=C([Si](C)(C)C)[C@@H]2C=C[C@H]1C2. The lowest BCUT2D eigenvalue weighted by Crippen LogP contribution is -2.27. The minimum Gasteiger partial charge on any atom is -0.0811 e. The van der Waals surface area contributed by atoms with E-state index in [-0.39, 0.29) is 0 Å². The van der Waals surface area contributed by atoms with Crippen LogP contribution in [0.5, 0.6) is 0 Å². The molecule has 2 aliphatic rings. The molecule has 0 aromatic carbocycles. The van der Waals surface area contributed by atoms with Crippen molar-refractivity contribution in [2.24, 2.45) is 11.8 Å². The average molecular weight is 178 g/mol. The van der Waals surface area contributed by atoms with Crippen LogP contribution in [0.1, 0.15) is 13.3 Å². The highest BCUT2D eigenvalue weighted by atomic mass is 28.3. The van der Waals surface area contributed by atoms with Crippen LogP contribution in [-0.4, -0.2) is 8.07 Å². The molecule has 0 N–H and O–H groups in total. The molecule has 2 aliphatic carbocycles. The maximum absolute atomic E-state index is 2.47. The number of hydrogen-bond acceptors (Lipinski definition) is 0. The van der Waals surface area contributed by atoms with E-state index in [1.54, 1.807) is 5.57 Å². The number of allylic oxidation sites excluding steroid dienone is 4. The molecule has 0 heterocycles. The van der Waals surface area contributed by atoms with Gasteiger partial charge in [0.2, 0.25) is 0 Å². The standard InChI is InChI=1S/C11H18Si/c1-8-9-5-6-10(7-9)11(8)12(2,3)4/h5-6,9-10H,7H2,1-4H3/t9-,10+/m0/s1. The molecule has 0 saturated heterocycles. The van der Waals surface area contributed by atoms with Crippen molar-refractivity contribution in [3.8, 4) is 0 Å². The Morgan fingerprint density at radius 1 is 1.17 bits per heavy atom. The average Bonchev–Trinajstić information content (AvgIpc) is 2.42. The van der Waals surface area contributed by atoms with E-state index in [0.29, 0.717) is 0 Å². The fourth-order valence-corrected chi connectivity index (χ4v) is 5.57. The fraction of sp³-hybridized carbons (Fsp3) is 0.636. The molecular weight excluding hydrogens is 160 g/mol. The molecule has 0 saturated carbocycles. The normalized spacial score (nSPS) is 33.7. The van der Waals surface area contributed by atoms with Crippen molar-refractivity contribution in [1.82, 2.24) is 0 Å². The van der Waals surface area contributed by atoms with Gasteiger partial charge in [-0.15, -0.1) is 0 Å². The summed E-state index contributed by atoms with van der Waals surface area (Å²) >= 11 is 0. The molecule has 0 nitrogen and oxygen atoms in total. The summed E-state index contributed by atoms with van der Waals surface area (Å²) in [5, 5.41) is 1.84.